The van der Waals surface area contributed by atoms with Crippen LogP contribution in [0.25, 0.3) is 0 Å². The van der Waals surface area contributed by atoms with Crippen LogP contribution in [0.15, 0.2) is 59.1 Å². The molecule has 0 amide bonds. The number of hydrogen-bond acceptors (Lipinski definition) is 2. The van der Waals surface area contributed by atoms with E-state index < -0.39 is 0 Å². The molecule has 2 aromatic carbocycles. The average molecular weight is 375 g/mol. The second-order valence-corrected chi connectivity index (χ2v) is 8.58. The van der Waals surface area contributed by atoms with E-state index in [1.165, 1.54) is 23.5 Å². The third-order valence-corrected chi connectivity index (χ3v) is 6.98. The van der Waals surface area contributed by atoms with Gasteiger partial charge in [0.2, 0.25) is 0 Å². The number of rotatable bonds is 1. The molecule has 3 rings (SSSR count). The van der Waals surface area contributed by atoms with Crippen LogP contribution in [0.4, 0.5) is 0 Å². The largest absolute Gasteiger partial charge is 0.147 e. The van der Waals surface area contributed by atoms with Gasteiger partial charge >= 0.3 is 0 Å². The van der Waals surface area contributed by atoms with Crippen molar-refractivity contribution in [1.29, 1.82) is 0 Å². The first-order chi connectivity index (χ1) is 10.3. The molecule has 0 nitrogen and oxygen atoms in total. The van der Waals surface area contributed by atoms with Gasteiger partial charge in [-0.3, -0.25) is 0 Å². The molecule has 21 heavy (non-hydrogen) atoms. The van der Waals surface area contributed by atoms with Gasteiger partial charge in [0.1, 0.15) is 4.08 Å². The lowest BCUT2D eigenvalue weighted by Crippen LogP contribution is -2.20. The molecule has 1 fully saturated rings. The predicted octanol–water partition coefficient (Wildman–Crippen LogP) is 5.52. The molecule has 0 spiro atoms. The van der Waals surface area contributed by atoms with E-state index >= 15 is 0 Å². The first kappa shape index (κ1) is 15.1. The van der Waals surface area contributed by atoms with Gasteiger partial charge in [-0.2, -0.15) is 0 Å². The number of benzene rings is 2. The quantitative estimate of drug-likeness (QED) is 0.602. The highest BCUT2D eigenvalue weighted by Gasteiger charge is 2.33. The highest BCUT2D eigenvalue weighted by Crippen LogP contribution is 2.50. The second kappa shape index (κ2) is 6.96. The van der Waals surface area contributed by atoms with Crippen molar-refractivity contribution in [3.63, 3.8) is 0 Å². The zero-order chi connectivity index (χ0) is 14.5. The van der Waals surface area contributed by atoms with Crippen molar-refractivity contribution in [1.82, 2.24) is 0 Å². The average Bonchev–Trinajstić information content (AvgIpc) is 2.55. The van der Waals surface area contributed by atoms with Crippen LogP contribution < -0.4 is 0 Å². The molecule has 1 heterocycles. The van der Waals surface area contributed by atoms with Crippen molar-refractivity contribution in [2.24, 2.45) is 0 Å². The smallest absolute Gasteiger partial charge is 0.127 e. The molecular weight excluding hydrogens is 360 g/mol. The number of halogens is 1. The summed E-state index contributed by atoms with van der Waals surface area (Å²) < 4.78 is 0.984. The van der Waals surface area contributed by atoms with Crippen molar-refractivity contribution >= 4 is 39.5 Å². The highest BCUT2D eigenvalue weighted by molar-refractivity contribution is 9.10. The minimum Gasteiger partial charge on any atom is -0.127 e. The normalized spacial score (nSPS) is 16.8. The fraction of sp³-hybridized carbons (Fsp3) is 0.222. The van der Waals surface area contributed by atoms with E-state index in [1.807, 2.05) is 41.7 Å². The van der Waals surface area contributed by atoms with Gasteiger partial charge in [-0.05, 0) is 47.8 Å². The van der Waals surface area contributed by atoms with Crippen molar-refractivity contribution in [3.8, 4) is 11.8 Å². The summed E-state index contributed by atoms with van der Waals surface area (Å²) in [6.07, 6.45) is 1.26. The van der Waals surface area contributed by atoms with E-state index in [-0.39, 0.29) is 4.08 Å². The third kappa shape index (κ3) is 3.69. The topological polar surface area (TPSA) is 0 Å². The lowest BCUT2D eigenvalue weighted by Gasteiger charge is -2.31. The van der Waals surface area contributed by atoms with Gasteiger partial charge in [0, 0.05) is 10.0 Å². The maximum atomic E-state index is 3.55. The van der Waals surface area contributed by atoms with Gasteiger partial charge < -0.3 is 0 Å². The summed E-state index contributed by atoms with van der Waals surface area (Å²) in [5, 5.41) is 0. The van der Waals surface area contributed by atoms with Gasteiger partial charge in [0.15, 0.2) is 0 Å². The maximum Gasteiger partial charge on any atom is 0.147 e. The van der Waals surface area contributed by atoms with E-state index in [2.05, 4.69) is 64.2 Å². The zero-order valence-corrected chi connectivity index (χ0v) is 14.7. The molecule has 0 unspecified atom stereocenters. The summed E-state index contributed by atoms with van der Waals surface area (Å²) >= 11 is 7.44. The zero-order valence-electron chi connectivity index (χ0n) is 11.5. The van der Waals surface area contributed by atoms with Crippen LogP contribution in [-0.4, -0.2) is 11.5 Å². The fourth-order valence-electron chi connectivity index (χ4n) is 2.19. The van der Waals surface area contributed by atoms with Gasteiger partial charge in [-0.15, -0.1) is 23.5 Å². The van der Waals surface area contributed by atoms with E-state index in [4.69, 9.17) is 0 Å². The number of hydrogen-bond donors (Lipinski definition) is 0. The SMILES string of the molecule is Brc1ccc(C2(C#Cc3ccccc3)SCCCS2)cc1. The monoisotopic (exact) mass is 374 g/mol. The molecule has 0 aliphatic carbocycles. The fourth-order valence-corrected chi connectivity index (χ4v) is 5.47. The first-order valence-electron chi connectivity index (χ1n) is 6.91. The molecule has 1 saturated heterocycles. The van der Waals surface area contributed by atoms with Crippen molar-refractivity contribution in [2.45, 2.75) is 10.5 Å². The Morgan fingerprint density at radius 3 is 2.24 bits per heavy atom. The standard InChI is InChI=1S/C18H15BrS2/c19-17-9-7-16(8-10-17)18(20-13-4-14-21-18)12-11-15-5-2-1-3-6-15/h1-3,5-10H,4,13-14H2. The van der Waals surface area contributed by atoms with E-state index in [0.29, 0.717) is 0 Å². The summed E-state index contributed by atoms with van der Waals surface area (Å²) in [5.74, 6) is 9.26. The van der Waals surface area contributed by atoms with Crippen molar-refractivity contribution < 1.29 is 0 Å². The summed E-state index contributed by atoms with van der Waals surface area (Å²) in [5.41, 5.74) is 2.38. The molecule has 3 heteroatoms. The predicted molar refractivity (Wildman–Crippen MR) is 98.7 cm³/mol. The first-order valence-corrected chi connectivity index (χ1v) is 9.67. The molecule has 0 aromatic heterocycles. The summed E-state index contributed by atoms with van der Waals surface area (Å²) in [6, 6.07) is 18.8. The lowest BCUT2D eigenvalue weighted by atomic mass is 10.1. The highest BCUT2D eigenvalue weighted by atomic mass is 79.9. The molecule has 0 N–H and O–H groups in total. The molecule has 0 bridgehead atoms. The molecular formula is C18H15BrS2. The van der Waals surface area contributed by atoms with E-state index in [1.54, 1.807) is 0 Å². The second-order valence-electron chi connectivity index (χ2n) is 4.79. The summed E-state index contributed by atoms with van der Waals surface area (Å²) in [4.78, 5) is 0. The van der Waals surface area contributed by atoms with Crippen LogP contribution in [0, 0.1) is 11.8 Å². The van der Waals surface area contributed by atoms with Crippen LogP contribution in [0.3, 0.4) is 0 Å². The summed E-state index contributed by atoms with van der Waals surface area (Å²) in [7, 11) is 0. The Morgan fingerprint density at radius 2 is 1.57 bits per heavy atom. The molecule has 106 valence electrons. The minimum absolute atomic E-state index is 0.130. The molecule has 0 radical (unpaired) electrons. The van der Waals surface area contributed by atoms with Crippen molar-refractivity contribution in [3.05, 3.63) is 70.2 Å². The molecule has 0 saturated carbocycles. The minimum atomic E-state index is -0.130. The Bertz CT molecular complexity index is 647. The molecule has 2 aromatic rings. The van der Waals surface area contributed by atoms with Gasteiger partial charge in [-0.25, -0.2) is 0 Å². The maximum absolute atomic E-state index is 3.55. The molecule has 0 atom stereocenters. The van der Waals surface area contributed by atoms with Crippen molar-refractivity contribution in [2.75, 3.05) is 11.5 Å². The Balaban J connectivity index is 1.98. The van der Waals surface area contributed by atoms with Crippen LogP contribution in [-0.2, 0) is 4.08 Å². The van der Waals surface area contributed by atoms with E-state index in [0.717, 1.165) is 10.0 Å². The summed E-state index contributed by atoms with van der Waals surface area (Å²) in [6.45, 7) is 0. The number of thioether (sulfide) groups is 2. The third-order valence-electron chi connectivity index (χ3n) is 3.27. The Labute approximate surface area is 143 Å². The Hall–Kier alpha value is -0.820. The molecule has 1 aliphatic heterocycles. The van der Waals surface area contributed by atoms with Gasteiger partial charge in [0.25, 0.3) is 0 Å². The lowest BCUT2D eigenvalue weighted by molar-refractivity contribution is 1.05. The van der Waals surface area contributed by atoms with Gasteiger partial charge in [0.05, 0.1) is 0 Å². The van der Waals surface area contributed by atoms with Crippen LogP contribution in [0.1, 0.15) is 17.5 Å². The van der Waals surface area contributed by atoms with Gasteiger partial charge in [-0.1, -0.05) is 58.1 Å². The molecule has 1 aliphatic rings. The Morgan fingerprint density at radius 1 is 0.905 bits per heavy atom. The Kier molecular flexibility index (Phi) is 5.00. The van der Waals surface area contributed by atoms with Crippen LogP contribution in [0.5, 0.6) is 0 Å². The van der Waals surface area contributed by atoms with E-state index in [9.17, 15) is 0 Å². The van der Waals surface area contributed by atoms with Crippen LogP contribution in [0.2, 0.25) is 0 Å². The van der Waals surface area contributed by atoms with Crippen LogP contribution >= 0.6 is 39.5 Å².